The van der Waals surface area contributed by atoms with E-state index in [0.717, 1.165) is 60.0 Å². The average Bonchev–Trinajstić information content (AvgIpc) is 3.33. The fraction of sp³-hybridized carbons (Fsp3) is 0.500. The number of amides is 1. The molecule has 152 valence electrons. The number of ether oxygens (including phenoxy) is 1. The smallest absolute Gasteiger partial charge is 0.227 e. The third-order valence-electron chi connectivity index (χ3n) is 5.84. The number of nitrogens with one attached hydrogen (secondary N) is 2. The first-order valence-electron chi connectivity index (χ1n) is 10.2. The van der Waals surface area contributed by atoms with E-state index in [4.69, 9.17) is 16.1 Å². The Balaban J connectivity index is 1.68. The molecular weight excluding hydrogens is 366 g/mol. The summed E-state index contributed by atoms with van der Waals surface area (Å²) in [7, 11) is 1.62. The molecule has 0 atom stereocenters. The number of methoxy groups -OCH3 is 1. The van der Waals surface area contributed by atoms with Gasteiger partial charge in [-0.1, -0.05) is 0 Å². The predicted octanol–water partition coefficient (Wildman–Crippen LogP) is 2.97. The van der Waals surface area contributed by atoms with Crippen LogP contribution in [0.1, 0.15) is 44.0 Å². The molecule has 7 heteroatoms. The first-order chi connectivity index (χ1) is 14.2. The highest BCUT2D eigenvalue weighted by Crippen LogP contribution is 2.37. The van der Waals surface area contributed by atoms with Crippen molar-refractivity contribution >= 4 is 28.0 Å². The van der Waals surface area contributed by atoms with E-state index in [1.165, 1.54) is 0 Å². The van der Waals surface area contributed by atoms with Crippen molar-refractivity contribution in [1.82, 2.24) is 24.8 Å². The van der Waals surface area contributed by atoms with Crippen LogP contribution in [0.2, 0.25) is 0 Å². The van der Waals surface area contributed by atoms with Gasteiger partial charge in [0.2, 0.25) is 5.91 Å². The number of terminal acetylenes is 1. The number of imidazole rings is 1. The summed E-state index contributed by atoms with van der Waals surface area (Å²) in [6.45, 7) is 0.992. The highest BCUT2D eigenvalue weighted by molar-refractivity contribution is 6.01. The molecule has 0 unspecified atom stereocenters. The fourth-order valence-electron chi connectivity index (χ4n) is 4.43. The number of carbonyl (C=O) groups excluding carboxylic acids is 1. The summed E-state index contributed by atoms with van der Waals surface area (Å²) >= 11 is 0. The minimum Gasteiger partial charge on any atom is -0.383 e. The molecular formula is C22H27N5O2. The van der Waals surface area contributed by atoms with Crippen LogP contribution in [0, 0.1) is 18.3 Å². The molecule has 4 rings (SSSR count). The number of aromatic nitrogens is 4. The number of pyridine rings is 1. The molecule has 1 fully saturated rings. The molecule has 0 aliphatic heterocycles. The Bertz CT molecular complexity index is 1040. The highest BCUT2D eigenvalue weighted by Gasteiger charge is 2.27. The summed E-state index contributed by atoms with van der Waals surface area (Å²) in [5, 5.41) is 3.95. The molecule has 1 aliphatic rings. The maximum Gasteiger partial charge on any atom is 0.227 e. The van der Waals surface area contributed by atoms with Crippen LogP contribution in [0.4, 0.5) is 0 Å². The molecule has 0 saturated heterocycles. The van der Waals surface area contributed by atoms with E-state index in [9.17, 15) is 4.79 Å². The Labute approximate surface area is 170 Å². The average molecular weight is 393 g/mol. The molecule has 1 saturated carbocycles. The maximum absolute atomic E-state index is 12.5. The first-order valence-corrected chi connectivity index (χ1v) is 10.2. The molecule has 1 aliphatic carbocycles. The van der Waals surface area contributed by atoms with E-state index in [1.807, 2.05) is 12.3 Å². The standard InChI is InChI=1S/C22H27N5O2/c1-3-4-15-5-7-16(8-6-15)27-19(13-20(28)23-11-12-29-2)26-18-14-25-22-17(21(18)27)9-10-24-22/h1,9-10,14-16H,4-8,11-13H2,2H3,(H,23,28)(H,24,25)/t15-,16-. The van der Waals surface area contributed by atoms with Gasteiger partial charge in [0, 0.05) is 37.7 Å². The lowest BCUT2D eigenvalue weighted by atomic mass is 9.84. The van der Waals surface area contributed by atoms with Crippen LogP contribution in [-0.4, -0.2) is 45.7 Å². The van der Waals surface area contributed by atoms with Crippen molar-refractivity contribution in [1.29, 1.82) is 0 Å². The molecule has 3 aromatic heterocycles. The van der Waals surface area contributed by atoms with Crippen molar-refractivity contribution in [3.63, 3.8) is 0 Å². The van der Waals surface area contributed by atoms with Crippen LogP contribution in [0.5, 0.6) is 0 Å². The lowest BCUT2D eigenvalue weighted by Gasteiger charge is -2.30. The first kappa shape index (κ1) is 19.5. The van der Waals surface area contributed by atoms with Gasteiger partial charge in [0.25, 0.3) is 0 Å². The fourth-order valence-corrected chi connectivity index (χ4v) is 4.43. The molecule has 2 N–H and O–H groups in total. The van der Waals surface area contributed by atoms with Gasteiger partial charge in [-0.25, -0.2) is 9.97 Å². The van der Waals surface area contributed by atoms with E-state index >= 15 is 0 Å². The second-order valence-corrected chi connectivity index (χ2v) is 7.73. The van der Waals surface area contributed by atoms with Gasteiger partial charge in [-0.15, -0.1) is 12.3 Å². The van der Waals surface area contributed by atoms with Crippen molar-refractivity contribution in [2.75, 3.05) is 20.3 Å². The zero-order chi connectivity index (χ0) is 20.2. The van der Waals surface area contributed by atoms with E-state index in [2.05, 4.69) is 25.8 Å². The summed E-state index contributed by atoms with van der Waals surface area (Å²) in [5.74, 6) is 4.16. The monoisotopic (exact) mass is 393 g/mol. The maximum atomic E-state index is 12.5. The Morgan fingerprint density at radius 1 is 1.41 bits per heavy atom. The van der Waals surface area contributed by atoms with Gasteiger partial charge in [-0.05, 0) is 37.7 Å². The van der Waals surface area contributed by atoms with Crippen molar-refractivity contribution in [3.05, 3.63) is 24.3 Å². The number of carbonyl (C=O) groups is 1. The van der Waals surface area contributed by atoms with Gasteiger partial charge >= 0.3 is 0 Å². The predicted molar refractivity (Wildman–Crippen MR) is 112 cm³/mol. The van der Waals surface area contributed by atoms with E-state index in [-0.39, 0.29) is 12.3 Å². The zero-order valence-electron chi connectivity index (χ0n) is 16.8. The minimum atomic E-state index is -0.0436. The van der Waals surface area contributed by atoms with Crippen LogP contribution in [-0.2, 0) is 16.0 Å². The second-order valence-electron chi connectivity index (χ2n) is 7.73. The second kappa shape index (κ2) is 8.66. The van der Waals surface area contributed by atoms with Gasteiger partial charge in [0.05, 0.1) is 24.7 Å². The number of hydrogen-bond acceptors (Lipinski definition) is 4. The SMILES string of the molecule is C#CC[C@H]1CC[C@H](n2c(CC(=O)NCCOC)nc3cnc4[nH]ccc4c32)CC1. The number of nitrogens with zero attached hydrogens (tertiary/aromatic N) is 3. The molecule has 0 radical (unpaired) electrons. The van der Waals surface area contributed by atoms with E-state index in [1.54, 1.807) is 13.3 Å². The van der Waals surface area contributed by atoms with E-state index < -0.39 is 0 Å². The van der Waals surface area contributed by atoms with Gasteiger partial charge in [0.15, 0.2) is 0 Å². The molecule has 0 aromatic carbocycles. The van der Waals surface area contributed by atoms with Gasteiger partial charge in [0.1, 0.15) is 17.0 Å². The molecule has 3 aromatic rings. The minimum absolute atomic E-state index is 0.0436. The summed E-state index contributed by atoms with van der Waals surface area (Å²) < 4.78 is 7.30. The van der Waals surface area contributed by atoms with Crippen LogP contribution in [0.25, 0.3) is 22.1 Å². The Kier molecular flexibility index (Phi) is 5.81. The summed E-state index contributed by atoms with van der Waals surface area (Å²) in [6, 6.07) is 2.35. The molecule has 3 heterocycles. The molecule has 29 heavy (non-hydrogen) atoms. The van der Waals surface area contributed by atoms with E-state index in [0.29, 0.717) is 25.1 Å². The lowest BCUT2D eigenvalue weighted by Crippen LogP contribution is -2.30. The highest BCUT2D eigenvalue weighted by atomic mass is 16.5. The number of hydrogen-bond donors (Lipinski definition) is 2. The molecule has 0 bridgehead atoms. The van der Waals surface area contributed by atoms with Crippen LogP contribution >= 0.6 is 0 Å². The number of rotatable bonds is 7. The van der Waals surface area contributed by atoms with Crippen molar-refractivity contribution in [2.24, 2.45) is 5.92 Å². The molecule has 7 nitrogen and oxygen atoms in total. The van der Waals surface area contributed by atoms with Crippen molar-refractivity contribution in [3.8, 4) is 12.3 Å². The normalized spacial score (nSPS) is 19.4. The molecule has 1 amide bonds. The third-order valence-corrected chi connectivity index (χ3v) is 5.84. The third kappa shape index (κ3) is 3.99. The number of H-pyrrole nitrogens is 1. The van der Waals surface area contributed by atoms with Crippen molar-refractivity contribution < 1.29 is 9.53 Å². The quantitative estimate of drug-likeness (QED) is 0.477. The Morgan fingerprint density at radius 3 is 3.00 bits per heavy atom. The molecule has 0 spiro atoms. The van der Waals surface area contributed by atoms with Gasteiger partial charge in [-0.2, -0.15) is 0 Å². The topological polar surface area (TPSA) is 84.8 Å². The lowest BCUT2D eigenvalue weighted by molar-refractivity contribution is -0.120. The van der Waals surface area contributed by atoms with Crippen LogP contribution in [0.3, 0.4) is 0 Å². The largest absolute Gasteiger partial charge is 0.383 e. The van der Waals surface area contributed by atoms with Gasteiger partial charge < -0.3 is 19.6 Å². The van der Waals surface area contributed by atoms with Crippen molar-refractivity contribution in [2.45, 2.75) is 44.6 Å². The zero-order valence-corrected chi connectivity index (χ0v) is 16.8. The number of fused-ring (bicyclic) bond motifs is 3. The Hall–Kier alpha value is -2.85. The number of aromatic amines is 1. The van der Waals surface area contributed by atoms with Crippen LogP contribution < -0.4 is 5.32 Å². The summed E-state index contributed by atoms with van der Waals surface area (Å²) in [5.41, 5.74) is 2.75. The summed E-state index contributed by atoms with van der Waals surface area (Å²) in [6.07, 6.45) is 14.6. The van der Waals surface area contributed by atoms with Gasteiger partial charge in [-0.3, -0.25) is 4.79 Å². The van der Waals surface area contributed by atoms with Crippen LogP contribution in [0.15, 0.2) is 18.5 Å². The Morgan fingerprint density at radius 2 is 2.24 bits per heavy atom. The summed E-state index contributed by atoms with van der Waals surface area (Å²) in [4.78, 5) is 24.9.